The van der Waals surface area contributed by atoms with Crippen LogP contribution in [-0.2, 0) is 16.0 Å². The summed E-state index contributed by atoms with van der Waals surface area (Å²) < 4.78 is 5.45. The summed E-state index contributed by atoms with van der Waals surface area (Å²) in [6.07, 6.45) is 3.40. The van der Waals surface area contributed by atoms with Crippen molar-refractivity contribution >= 4 is 12.0 Å². The van der Waals surface area contributed by atoms with E-state index in [4.69, 9.17) is 4.74 Å². The van der Waals surface area contributed by atoms with Crippen LogP contribution < -0.4 is 5.32 Å². The van der Waals surface area contributed by atoms with Crippen molar-refractivity contribution < 1.29 is 14.3 Å². The van der Waals surface area contributed by atoms with Gasteiger partial charge in [-0.3, -0.25) is 4.79 Å². The van der Waals surface area contributed by atoms with Crippen LogP contribution in [0.15, 0.2) is 24.3 Å². The summed E-state index contributed by atoms with van der Waals surface area (Å²) in [6.45, 7) is 8.08. The van der Waals surface area contributed by atoms with E-state index < -0.39 is 5.60 Å². The second-order valence-corrected chi connectivity index (χ2v) is 8.67. The molecule has 0 spiro atoms. The quantitative estimate of drug-likeness (QED) is 0.894. The molecule has 1 aliphatic carbocycles. The minimum absolute atomic E-state index is 0.00686. The highest BCUT2D eigenvalue weighted by Gasteiger charge is 2.35. The fourth-order valence-electron chi connectivity index (χ4n) is 3.50. The number of hydrogen-bond donors (Lipinski definition) is 1. The van der Waals surface area contributed by atoms with E-state index in [1.807, 2.05) is 27.7 Å². The summed E-state index contributed by atoms with van der Waals surface area (Å²) in [5.74, 6) is 0.740. The molecule has 2 aliphatic rings. The molecule has 3 rings (SSSR count). The molecule has 0 bridgehead atoms. The zero-order chi connectivity index (χ0) is 18.9. The van der Waals surface area contributed by atoms with Gasteiger partial charge < -0.3 is 15.0 Å². The van der Waals surface area contributed by atoms with Gasteiger partial charge in [0.15, 0.2) is 0 Å². The Hall–Kier alpha value is -2.04. The third kappa shape index (κ3) is 4.99. The van der Waals surface area contributed by atoms with E-state index in [0.29, 0.717) is 13.0 Å². The number of nitrogens with one attached hydrogen (secondary N) is 1. The second kappa shape index (κ2) is 7.29. The first-order valence-electron chi connectivity index (χ1n) is 9.59. The maximum absolute atomic E-state index is 12.4. The summed E-state index contributed by atoms with van der Waals surface area (Å²) in [4.78, 5) is 26.4. The molecule has 0 radical (unpaired) electrons. The van der Waals surface area contributed by atoms with Gasteiger partial charge in [0.05, 0.1) is 6.42 Å². The van der Waals surface area contributed by atoms with Crippen LogP contribution in [0.4, 0.5) is 4.79 Å². The van der Waals surface area contributed by atoms with Gasteiger partial charge in [0.2, 0.25) is 5.91 Å². The van der Waals surface area contributed by atoms with Gasteiger partial charge in [0.1, 0.15) is 5.60 Å². The zero-order valence-electron chi connectivity index (χ0n) is 16.2. The van der Waals surface area contributed by atoms with Gasteiger partial charge in [-0.05, 0) is 64.0 Å². The SMILES string of the molecule is C[C@H]1C[C@@H](NC(=O)Cc2ccc(C3CC3)cc2)CN1C(=O)OC(C)(C)C. The smallest absolute Gasteiger partial charge is 0.410 e. The van der Waals surface area contributed by atoms with Crippen LogP contribution in [0.3, 0.4) is 0 Å². The normalized spacial score (nSPS) is 23.0. The van der Waals surface area contributed by atoms with Crippen LogP contribution in [-0.4, -0.2) is 41.1 Å². The van der Waals surface area contributed by atoms with Crippen molar-refractivity contribution in [2.75, 3.05) is 6.54 Å². The van der Waals surface area contributed by atoms with Crippen LogP contribution in [0.2, 0.25) is 0 Å². The molecular formula is C21H30N2O3. The maximum Gasteiger partial charge on any atom is 0.410 e. The fraction of sp³-hybridized carbons (Fsp3) is 0.619. The van der Waals surface area contributed by atoms with Crippen LogP contribution in [0.5, 0.6) is 0 Å². The Morgan fingerprint density at radius 1 is 1.19 bits per heavy atom. The van der Waals surface area contributed by atoms with Crippen molar-refractivity contribution in [3.8, 4) is 0 Å². The number of rotatable bonds is 4. The standard InChI is InChI=1S/C21H30N2O3/c1-14-11-18(13-23(14)20(25)26-21(2,3)4)22-19(24)12-15-5-7-16(8-6-15)17-9-10-17/h5-8,14,17-18H,9-13H2,1-4H3,(H,22,24)/t14-,18+/m0/s1. The number of hydrogen-bond acceptors (Lipinski definition) is 3. The second-order valence-electron chi connectivity index (χ2n) is 8.67. The number of carbonyl (C=O) groups is 2. The van der Waals surface area contributed by atoms with Crippen LogP contribution >= 0.6 is 0 Å². The van der Waals surface area contributed by atoms with Crippen LogP contribution in [0.25, 0.3) is 0 Å². The fourth-order valence-corrected chi connectivity index (χ4v) is 3.50. The molecule has 1 aromatic rings. The predicted molar refractivity (Wildman–Crippen MR) is 101 cm³/mol. The van der Waals surface area contributed by atoms with Gasteiger partial charge in [-0.25, -0.2) is 4.79 Å². The Morgan fingerprint density at radius 3 is 2.42 bits per heavy atom. The lowest BCUT2D eigenvalue weighted by Crippen LogP contribution is -2.41. The maximum atomic E-state index is 12.4. The van der Waals surface area contributed by atoms with Crippen molar-refractivity contribution in [2.45, 2.75) is 77.0 Å². The summed E-state index contributed by atoms with van der Waals surface area (Å²) in [5.41, 5.74) is 1.90. The number of carbonyl (C=O) groups excluding carboxylic acids is 2. The van der Waals surface area contributed by atoms with Crippen molar-refractivity contribution in [3.63, 3.8) is 0 Å². The molecule has 2 atom stereocenters. The van der Waals surface area contributed by atoms with E-state index in [1.165, 1.54) is 18.4 Å². The molecular weight excluding hydrogens is 328 g/mol. The van der Waals surface area contributed by atoms with Crippen molar-refractivity contribution in [3.05, 3.63) is 35.4 Å². The third-order valence-electron chi connectivity index (χ3n) is 4.96. The van der Waals surface area contributed by atoms with E-state index in [-0.39, 0.29) is 24.1 Å². The molecule has 2 fully saturated rings. The number of likely N-dealkylation sites (tertiary alicyclic amines) is 1. The van der Waals surface area contributed by atoms with Crippen molar-refractivity contribution in [1.29, 1.82) is 0 Å². The molecule has 1 saturated carbocycles. The van der Waals surface area contributed by atoms with Gasteiger partial charge in [-0.2, -0.15) is 0 Å². The molecule has 2 amide bonds. The lowest BCUT2D eigenvalue weighted by atomic mass is 10.1. The molecule has 1 N–H and O–H groups in total. The highest BCUT2D eigenvalue weighted by atomic mass is 16.6. The molecule has 1 saturated heterocycles. The minimum atomic E-state index is -0.509. The van der Waals surface area contributed by atoms with Gasteiger partial charge in [0, 0.05) is 18.6 Å². The molecule has 5 nitrogen and oxygen atoms in total. The number of amides is 2. The largest absolute Gasteiger partial charge is 0.444 e. The number of benzene rings is 1. The summed E-state index contributed by atoms with van der Waals surface area (Å²) in [6, 6.07) is 8.43. The Labute approximate surface area is 156 Å². The van der Waals surface area contributed by atoms with E-state index >= 15 is 0 Å². The average Bonchev–Trinajstić information content (AvgIpc) is 3.30. The van der Waals surface area contributed by atoms with Gasteiger partial charge in [0.25, 0.3) is 0 Å². The molecule has 0 aromatic heterocycles. The summed E-state index contributed by atoms with van der Waals surface area (Å²) >= 11 is 0. The highest BCUT2D eigenvalue weighted by Crippen LogP contribution is 2.39. The first-order chi connectivity index (χ1) is 12.2. The van der Waals surface area contributed by atoms with Gasteiger partial charge in [-0.15, -0.1) is 0 Å². The Balaban J connectivity index is 1.49. The lowest BCUT2D eigenvalue weighted by Gasteiger charge is -2.26. The molecule has 1 aliphatic heterocycles. The monoisotopic (exact) mass is 358 g/mol. The summed E-state index contributed by atoms with van der Waals surface area (Å²) in [5, 5.41) is 3.07. The lowest BCUT2D eigenvalue weighted by molar-refractivity contribution is -0.121. The predicted octanol–water partition coefficient (Wildman–Crippen LogP) is 3.62. The topological polar surface area (TPSA) is 58.6 Å². The molecule has 1 aromatic carbocycles. The first-order valence-corrected chi connectivity index (χ1v) is 9.59. The van der Waals surface area contributed by atoms with Crippen molar-refractivity contribution in [2.24, 2.45) is 0 Å². The number of ether oxygens (including phenoxy) is 1. The van der Waals surface area contributed by atoms with E-state index in [0.717, 1.165) is 17.9 Å². The zero-order valence-corrected chi connectivity index (χ0v) is 16.2. The van der Waals surface area contributed by atoms with E-state index in [9.17, 15) is 9.59 Å². The van der Waals surface area contributed by atoms with Gasteiger partial charge in [-0.1, -0.05) is 24.3 Å². The minimum Gasteiger partial charge on any atom is -0.444 e. The van der Waals surface area contributed by atoms with Crippen LogP contribution in [0, 0.1) is 0 Å². The molecule has 1 heterocycles. The van der Waals surface area contributed by atoms with E-state index in [1.54, 1.807) is 4.90 Å². The van der Waals surface area contributed by atoms with Gasteiger partial charge >= 0.3 is 6.09 Å². The molecule has 5 heteroatoms. The van der Waals surface area contributed by atoms with Crippen LogP contribution in [0.1, 0.15) is 64.0 Å². The molecule has 26 heavy (non-hydrogen) atoms. The highest BCUT2D eigenvalue weighted by molar-refractivity contribution is 5.79. The first kappa shape index (κ1) is 18.7. The molecule has 0 unspecified atom stereocenters. The Kier molecular flexibility index (Phi) is 5.26. The Bertz CT molecular complexity index is 659. The third-order valence-corrected chi connectivity index (χ3v) is 4.96. The average molecular weight is 358 g/mol. The number of nitrogens with zero attached hydrogens (tertiary/aromatic N) is 1. The Morgan fingerprint density at radius 2 is 1.85 bits per heavy atom. The van der Waals surface area contributed by atoms with Crippen molar-refractivity contribution in [1.82, 2.24) is 10.2 Å². The summed E-state index contributed by atoms with van der Waals surface area (Å²) in [7, 11) is 0. The van der Waals surface area contributed by atoms with E-state index in [2.05, 4.69) is 29.6 Å². The molecule has 142 valence electrons.